The lowest BCUT2D eigenvalue weighted by Crippen LogP contribution is -2.11. The van der Waals surface area contributed by atoms with Crippen LogP contribution in [-0.4, -0.2) is 32.8 Å². The fourth-order valence-electron chi connectivity index (χ4n) is 3.46. The van der Waals surface area contributed by atoms with Gasteiger partial charge in [0.05, 0.1) is 7.11 Å². The van der Waals surface area contributed by atoms with E-state index < -0.39 is 0 Å². The Bertz CT molecular complexity index is 1400. The number of hydrogen-bond acceptors (Lipinski definition) is 7. The van der Waals surface area contributed by atoms with E-state index in [1.54, 1.807) is 25.1 Å². The molecule has 5 aromatic rings. The van der Waals surface area contributed by atoms with Gasteiger partial charge in [-0.05, 0) is 42.0 Å². The minimum absolute atomic E-state index is 0.175. The number of carbonyl (C=O) groups is 1. The average molecular weight is 500 g/mol. The SMILES string of the molecule is COc1ccc(-n2c(SCc3ccc(C(=O)Nc4nccs4)cc3)nnc2-c2ccccc2)cc1. The molecular formula is C26H21N5O2S2. The van der Waals surface area contributed by atoms with Gasteiger partial charge >= 0.3 is 0 Å². The third kappa shape index (κ3) is 5.26. The molecule has 0 aliphatic carbocycles. The minimum Gasteiger partial charge on any atom is -0.497 e. The summed E-state index contributed by atoms with van der Waals surface area (Å²) >= 11 is 2.98. The molecule has 7 nitrogen and oxygen atoms in total. The molecule has 2 aromatic heterocycles. The van der Waals surface area contributed by atoms with E-state index in [0.717, 1.165) is 33.5 Å². The van der Waals surface area contributed by atoms with Gasteiger partial charge in [0.15, 0.2) is 16.1 Å². The summed E-state index contributed by atoms with van der Waals surface area (Å²) in [4.78, 5) is 16.5. The fourth-order valence-corrected chi connectivity index (χ4v) is 4.89. The molecule has 1 amide bonds. The molecule has 0 atom stereocenters. The van der Waals surface area contributed by atoms with Crippen LogP contribution in [0.3, 0.4) is 0 Å². The maximum Gasteiger partial charge on any atom is 0.257 e. The molecule has 2 heterocycles. The highest BCUT2D eigenvalue weighted by molar-refractivity contribution is 7.98. The summed E-state index contributed by atoms with van der Waals surface area (Å²) < 4.78 is 7.37. The van der Waals surface area contributed by atoms with Crippen molar-refractivity contribution in [1.82, 2.24) is 19.7 Å². The Morgan fingerprint density at radius 2 is 1.77 bits per heavy atom. The molecular weight excluding hydrogens is 478 g/mol. The van der Waals surface area contributed by atoms with Gasteiger partial charge in [0.2, 0.25) is 0 Å². The summed E-state index contributed by atoms with van der Waals surface area (Å²) in [6.45, 7) is 0. The zero-order valence-electron chi connectivity index (χ0n) is 18.8. The van der Waals surface area contributed by atoms with Crippen molar-refractivity contribution in [1.29, 1.82) is 0 Å². The third-order valence-corrected chi connectivity index (χ3v) is 6.92. The van der Waals surface area contributed by atoms with Gasteiger partial charge in [-0.2, -0.15) is 0 Å². The molecule has 3 aromatic carbocycles. The largest absolute Gasteiger partial charge is 0.497 e. The van der Waals surface area contributed by atoms with Crippen LogP contribution in [0.1, 0.15) is 15.9 Å². The molecule has 0 spiro atoms. The highest BCUT2D eigenvalue weighted by Gasteiger charge is 2.16. The fraction of sp³-hybridized carbons (Fsp3) is 0.0769. The van der Waals surface area contributed by atoms with E-state index in [-0.39, 0.29) is 5.91 Å². The number of nitrogens with one attached hydrogen (secondary N) is 1. The zero-order chi connectivity index (χ0) is 24.0. The number of anilines is 1. The molecule has 0 unspecified atom stereocenters. The van der Waals surface area contributed by atoms with Gasteiger partial charge in [-0.1, -0.05) is 54.2 Å². The molecule has 0 bridgehead atoms. The second kappa shape index (κ2) is 10.5. The van der Waals surface area contributed by atoms with E-state index in [9.17, 15) is 4.79 Å². The van der Waals surface area contributed by atoms with Gasteiger partial charge in [0.1, 0.15) is 5.75 Å². The first-order chi connectivity index (χ1) is 17.2. The molecule has 5 rings (SSSR count). The number of nitrogens with zero attached hydrogens (tertiary/aromatic N) is 4. The zero-order valence-corrected chi connectivity index (χ0v) is 20.4. The van der Waals surface area contributed by atoms with Crippen molar-refractivity contribution in [3.05, 3.63) is 102 Å². The predicted octanol–water partition coefficient (Wildman–Crippen LogP) is 5.94. The standard InChI is InChI=1S/C26H21N5O2S2/c1-33-22-13-11-21(12-14-22)31-23(19-5-3-2-4-6-19)29-30-26(31)35-17-18-7-9-20(10-8-18)24(32)28-25-27-15-16-34-25/h2-16H,17H2,1H3,(H,27,28,32). The van der Waals surface area contributed by atoms with Gasteiger partial charge in [0, 0.05) is 34.1 Å². The quantitative estimate of drug-likeness (QED) is 0.266. The molecule has 0 radical (unpaired) electrons. The van der Waals surface area contributed by atoms with Crippen LogP contribution in [0.15, 0.2) is 95.6 Å². The normalized spacial score (nSPS) is 10.8. The number of thioether (sulfide) groups is 1. The molecule has 0 aliphatic rings. The van der Waals surface area contributed by atoms with Crippen molar-refractivity contribution in [3.63, 3.8) is 0 Å². The predicted molar refractivity (Wildman–Crippen MR) is 139 cm³/mol. The molecule has 0 saturated carbocycles. The number of ether oxygens (including phenoxy) is 1. The van der Waals surface area contributed by atoms with Crippen LogP contribution in [0.5, 0.6) is 5.75 Å². The van der Waals surface area contributed by atoms with E-state index >= 15 is 0 Å². The number of carbonyl (C=O) groups excluding carboxylic acids is 1. The summed E-state index contributed by atoms with van der Waals surface area (Å²) in [7, 11) is 1.65. The minimum atomic E-state index is -0.175. The number of methoxy groups -OCH3 is 1. The maximum atomic E-state index is 12.4. The Hall–Kier alpha value is -3.95. The van der Waals surface area contributed by atoms with E-state index in [2.05, 4.69) is 25.1 Å². The molecule has 1 N–H and O–H groups in total. The van der Waals surface area contributed by atoms with Crippen molar-refractivity contribution in [2.45, 2.75) is 10.9 Å². The van der Waals surface area contributed by atoms with Crippen molar-refractivity contribution < 1.29 is 9.53 Å². The number of benzene rings is 3. The topological polar surface area (TPSA) is 81.9 Å². The van der Waals surface area contributed by atoms with Gasteiger partial charge in [-0.3, -0.25) is 14.7 Å². The van der Waals surface area contributed by atoms with E-state index in [1.165, 1.54) is 11.3 Å². The summed E-state index contributed by atoms with van der Waals surface area (Å²) in [6.07, 6.45) is 1.66. The third-order valence-electron chi connectivity index (χ3n) is 5.23. The summed E-state index contributed by atoms with van der Waals surface area (Å²) in [5, 5.41) is 15.0. The van der Waals surface area contributed by atoms with Crippen molar-refractivity contribution in [2.75, 3.05) is 12.4 Å². The number of aromatic nitrogens is 4. The van der Waals surface area contributed by atoms with Gasteiger partial charge < -0.3 is 4.74 Å². The van der Waals surface area contributed by atoms with Crippen LogP contribution >= 0.6 is 23.1 Å². The highest BCUT2D eigenvalue weighted by Crippen LogP contribution is 2.30. The molecule has 174 valence electrons. The van der Waals surface area contributed by atoms with Gasteiger partial charge in [0.25, 0.3) is 5.91 Å². The molecule has 35 heavy (non-hydrogen) atoms. The summed E-state index contributed by atoms with van der Waals surface area (Å²) in [5.41, 5.74) is 3.60. The van der Waals surface area contributed by atoms with Gasteiger partial charge in [-0.25, -0.2) is 4.98 Å². The van der Waals surface area contributed by atoms with Crippen molar-refractivity contribution >= 4 is 34.1 Å². The number of thiazole rings is 1. The Labute approximate surface area is 210 Å². The Balaban J connectivity index is 1.36. The van der Waals surface area contributed by atoms with Crippen LogP contribution in [0.25, 0.3) is 17.1 Å². The average Bonchev–Trinajstić information content (AvgIpc) is 3.58. The van der Waals surface area contributed by atoms with Crippen LogP contribution in [0.4, 0.5) is 5.13 Å². The monoisotopic (exact) mass is 499 g/mol. The molecule has 0 aliphatic heterocycles. The highest BCUT2D eigenvalue weighted by atomic mass is 32.2. The van der Waals surface area contributed by atoms with Crippen molar-refractivity contribution in [2.24, 2.45) is 0 Å². The number of rotatable bonds is 8. The first-order valence-electron chi connectivity index (χ1n) is 10.8. The Morgan fingerprint density at radius 1 is 1.00 bits per heavy atom. The van der Waals surface area contributed by atoms with Crippen LogP contribution in [0, 0.1) is 0 Å². The summed E-state index contributed by atoms with van der Waals surface area (Å²) in [5.74, 6) is 2.06. The number of amides is 1. The van der Waals surface area contributed by atoms with Crippen LogP contribution in [0.2, 0.25) is 0 Å². The Morgan fingerprint density at radius 3 is 2.46 bits per heavy atom. The molecule has 0 fully saturated rings. The Kier molecular flexibility index (Phi) is 6.87. The smallest absolute Gasteiger partial charge is 0.257 e. The maximum absolute atomic E-state index is 12.4. The van der Waals surface area contributed by atoms with E-state index in [4.69, 9.17) is 4.74 Å². The second-order valence-electron chi connectivity index (χ2n) is 7.48. The first-order valence-corrected chi connectivity index (χ1v) is 12.7. The number of hydrogen-bond donors (Lipinski definition) is 1. The molecule has 9 heteroatoms. The van der Waals surface area contributed by atoms with Crippen LogP contribution in [-0.2, 0) is 5.75 Å². The van der Waals surface area contributed by atoms with Gasteiger partial charge in [-0.15, -0.1) is 21.5 Å². The van der Waals surface area contributed by atoms with Crippen molar-refractivity contribution in [3.8, 4) is 22.8 Å². The molecule has 0 saturated heterocycles. The van der Waals surface area contributed by atoms with Crippen LogP contribution < -0.4 is 10.1 Å². The lowest BCUT2D eigenvalue weighted by atomic mass is 10.1. The lowest BCUT2D eigenvalue weighted by molar-refractivity contribution is 0.102. The summed E-state index contributed by atoms with van der Waals surface area (Å²) in [6, 6.07) is 25.4. The second-order valence-corrected chi connectivity index (χ2v) is 9.32. The van der Waals surface area contributed by atoms with E-state index in [0.29, 0.717) is 16.4 Å². The first kappa shape index (κ1) is 22.8. The van der Waals surface area contributed by atoms with E-state index in [1.807, 2.05) is 84.2 Å². The lowest BCUT2D eigenvalue weighted by Gasteiger charge is -2.11.